The van der Waals surface area contributed by atoms with Crippen LogP contribution in [0.25, 0.3) is 11.1 Å². The molecular formula is C35H36N6O5. The van der Waals surface area contributed by atoms with Gasteiger partial charge in [-0.2, -0.15) is 0 Å². The van der Waals surface area contributed by atoms with E-state index < -0.39 is 0 Å². The maximum Gasteiger partial charge on any atom is 0.274 e. The Balaban J connectivity index is 1.17. The molecule has 1 saturated heterocycles. The summed E-state index contributed by atoms with van der Waals surface area (Å²) in [5.41, 5.74) is 5.78. The Hall–Kier alpha value is -5.00. The molecule has 2 aliphatic heterocycles. The highest BCUT2D eigenvalue weighted by Gasteiger charge is 2.29. The predicted molar refractivity (Wildman–Crippen MR) is 176 cm³/mol. The van der Waals surface area contributed by atoms with Crippen LogP contribution in [0, 0.1) is 0 Å². The fourth-order valence-electron chi connectivity index (χ4n) is 6.24. The van der Waals surface area contributed by atoms with Gasteiger partial charge >= 0.3 is 0 Å². The predicted octanol–water partition coefficient (Wildman–Crippen LogP) is 4.11. The number of aliphatic hydroxyl groups is 1. The van der Waals surface area contributed by atoms with Crippen LogP contribution in [0.2, 0.25) is 0 Å². The average molecular weight is 621 g/mol. The van der Waals surface area contributed by atoms with E-state index in [9.17, 15) is 19.5 Å². The van der Waals surface area contributed by atoms with Crippen LogP contribution in [-0.4, -0.2) is 70.8 Å². The third kappa shape index (κ3) is 5.75. The lowest BCUT2D eigenvalue weighted by Gasteiger charge is -2.26. The zero-order valence-corrected chi connectivity index (χ0v) is 25.7. The van der Waals surface area contributed by atoms with E-state index >= 15 is 0 Å². The number of ether oxygens (including phenoxy) is 1. The van der Waals surface area contributed by atoms with Crippen LogP contribution < -0.4 is 21.1 Å². The van der Waals surface area contributed by atoms with Gasteiger partial charge in [-0.1, -0.05) is 18.2 Å². The highest BCUT2D eigenvalue weighted by molar-refractivity contribution is 6.11. The molecule has 2 aromatic carbocycles. The molecule has 2 amide bonds. The number of aromatic nitrogens is 2. The van der Waals surface area contributed by atoms with Crippen molar-refractivity contribution in [2.75, 3.05) is 54.9 Å². The van der Waals surface area contributed by atoms with Crippen molar-refractivity contribution in [3.8, 4) is 11.1 Å². The Morgan fingerprint density at radius 2 is 1.87 bits per heavy atom. The van der Waals surface area contributed by atoms with Crippen molar-refractivity contribution in [1.82, 2.24) is 14.5 Å². The van der Waals surface area contributed by atoms with Gasteiger partial charge in [-0.15, -0.1) is 0 Å². The van der Waals surface area contributed by atoms with E-state index in [2.05, 4.69) is 21.7 Å². The van der Waals surface area contributed by atoms with Crippen molar-refractivity contribution < 1.29 is 19.4 Å². The molecule has 7 rings (SSSR count). The summed E-state index contributed by atoms with van der Waals surface area (Å²) < 4.78 is 6.80. The molecule has 0 atom stereocenters. The minimum Gasteiger partial charge on any atom is -0.392 e. The molecular weight excluding hydrogens is 584 g/mol. The van der Waals surface area contributed by atoms with E-state index in [1.165, 1.54) is 29.2 Å². The normalized spacial score (nSPS) is 16.4. The summed E-state index contributed by atoms with van der Waals surface area (Å²) in [6, 6.07) is 16.7. The van der Waals surface area contributed by atoms with Gasteiger partial charge in [0.1, 0.15) is 11.5 Å². The smallest absolute Gasteiger partial charge is 0.274 e. The van der Waals surface area contributed by atoms with Crippen LogP contribution >= 0.6 is 0 Å². The number of nitrogens with zero attached hydrogens (tertiary/aromatic N) is 4. The lowest BCUT2D eigenvalue weighted by molar-refractivity contribution is 0.0302. The topological polar surface area (TPSA) is 129 Å². The number of benzene rings is 2. The molecule has 1 saturated carbocycles. The van der Waals surface area contributed by atoms with Gasteiger partial charge in [0.05, 0.1) is 36.6 Å². The van der Waals surface area contributed by atoms with E-state index in [4.69, 9.17) is 4.74 Å². The Bertz CT molecular complexity index is 1860. The van der Waals surface area contributed by atoms with Crippen molar-refractivity contribution >= 4 is 34.7 Å². The lowest BCUT2D eigenvalue weighted by atomic mass is 9.98. The average Bonchev–Trinajstić information content (AvgIpc) is 3.95. The molecule has 0 unspecified atom stereocenters. The second kappa shape index (κ2) is 12.4. The van der Waals surface area contributed by atoms with Gasteiger partial charge in [-0.25, -0.2) is 4.98 Å². The zero-order valence-electron chi connectivity index (χ0n) is 25.7. The van der Waals surface area contributed by atoms with Gasteiger partial charge in [-0.05, 0) is 66.3 Å². The SMILES string of the molecule is Cn1cc(-c2cccc(N3CCNc4cc(C5CC5)ccc4C3=O)c2CO)cc(Nc2ccc(C(=O)N3CCOCC3)cn2)c1=O. The number of rotatable bonds is 7. The Morgan fingerprint density at radius 1 is 1.04 bits per heavy atom. The minimum atomic E-state index is -0.304. The summed E-state index contributed by atoms with van der Waals surface area (Å²) in [6.45, 7) is 2.80. The zero-order chi connectivity index (χ0) is 31.8. The van der Waals surface area contributed by atoms with Gasteiger partial charge in [0.25, 0.3) is 17.4 Å². The second-order valence-corrected chi connectivity index (χ2v) is 11.9. The third-order valence-electron chi connectivity index (χ3n) is 8.88. The number of carbonyl (C=O) groups excluding carboxylic acids is 2. The van der Waals surface area contributed by atoms with Gasteiger partial charge in [0.15, 0.2) is 0 Å². The maximum atomic E-state index is 13.9. The second-order valence-electron chi connectivity index (χ2n) is 11.9. The van der Waals surface area contributed by atoms with E-state index in [1.807, 2.05) is 30.3 Å². The largest absolute Gasteiger partial charge is 0.392 e. The molecule has 4 aromatic rings. The number of pyridine rings is 2. The van der Waals surface area contributed by atoms with Crippen molar-refractivity contribution in [3.63, 3.8) is 0 Å². The van der Waals surface area contributed by atoms with Gasteiger partial charge in [-0.3, -0.25) is 14.4 Å². The molecule has 0 spiro atoms. The van der Waals surface area contributed by atoms with Crippen LogP contribution in [0.3, 0.4) is 0 Å². The van der Waals surface area contributed by atoms with Crippen molar-refractivity contribution in [2.45, 2.75) is 25.4 Å². The first-order chi connectivity index (χ1) is 22.4. The molecule has 3 aliphatic rings. The summed E-state index contributed by atoms with van der Waals surface area (Å²) in [6.07, 6.45) is 5.59. The first-order valence-electron chi connectivity index (χ1n) is 15.6. The van der Waals surface area contributed by atoms with Crippen molar-refractivity contribution in [3.05, 3.63) is 99.6 Å². The highest BCUT2D eigenvalue weighted by Crippen LogP contribution is 2.42. The Morgan fingerprint density at radius 3 is 2.61 bits per heavy atom. The number of aryl methyl sites for hydroxylation is 1. The molecule has 4 heterocycles. The maximum absolute atomic E-state index is 13.9. The number of carbonyl (C=O) groups is 2. The molecule has 236 valence electrons. The van der Waals surface area contributed by atoms with Crippen molar-refractivity contribution in [2.24, 2.45) is 7.05 Å². The fraction of sp³-hybridized carbons (Fsp3) is 0.314. The fourth-order valence-corrected chi connectivity index (χ4v) is 6.24. The molecule has 11 heteroatoms. The van der Waals surface area contributed by atoms with Crippen LogP contribution in [0.15, 0.2) is 71.8 Å². The van der Waals surface area contributed by atoms with E-state index in [0.29, 0.717) is 84.6 Å². The van der Waals surface area contributed by atoms with Gasteiger partial charge in [0.2, 0.25) is 0 Å². The number of anilines is 4. The van der Waals surface area contributed by atoms with E-state index in [1.54, 1.807) is 41.2 Å². The molecule has 2 aromatic heterocycles. The third-order valence-corrected chi connectivity index (χ3v) is 8.88. The molecule has 11 nitrogen and oxygen atoms in total. The van der Waals surface area contributed by atoms with Gasteiger partial charge < -0.3 is 34.8 Å². The molecule has 0 radical (unpaired) electrons. The minimum absolute atomic E-state index is 0.109. The summed E-state index contributed by atoms with van der Waals surface area (Å²) in [5, 5.41) is 17.2. The molecule has 1 aliphatic carbocycles. The number of fused-ring (bicyclic) bond motifs is 1. The summed E-state index contributed by atoms with van der Waals surface area (Å²) in [7, 11) is 1.66. The number of nitrogens with one attached hydrogen (secondary N) is 2. The Labute approximate surface area is 266 Å². The van der Waals surface area contributed by atoms with Gasteiger partial charge in [0, 0.05) is 62.4 Å². The lowest BCUT2D eigenvalue weighted by Crippen LogP contribution is -2.40. The molecule has 0 bridgehead atoms. The first kappa shape index (κ1) is 29.7. The van der Waals surface area contributed by atoms with Crippen LogP contribution in [0.4, 0.5) is 22.9 Å². The summed E-state index contributed by atoms with van der Waals surface area (Å²) >= 11 is 0. The van der Waals surface area contributed by atoms with Crippen LogP contribution in [-0.2, 0) is 18.4 Å². The number of amides is 2. The Kier molecular flexibility index (Phi) is 8.02. The number of hydrogen-bond donors (Lipinski definition) is 3. The monoisotopic (exact) mass is 620 g/mol. The molecule has 46 heavy (non-hydrogen) atoms. The van der Waals surface area contributed by atoms with E-state index in [0.717, 1.165) is 5.69 Å². The van der Waals surface area contributed by atoms with Crippen LogP contribution in [0.5, 0.6) is 0 Å². The summed E-state index contributed by atoms with van der Waals surface area (Å²) in [5.74, 6) is 0.760. The highest BCUT2D eigenvalue weighted by atomic mass is 16.5. The number of hydrogen-bond acceptors (Lipinski definition) is 8. The first-order valence-corrected chi connectivity index (χ1v) is 15.6. The quantitative estimate of drug-likeness (QED) is 0.282. The summed E-state index contributed by atoms with van der Waals surface area (Å²) in [4.78, 5) is 47.7. The standard InChI is InChI=1S/C35H36N6O5/c1-39-20-25(18-30(35(39)45)38-32-10-8-24(19-37-32)33(43)40-13-15-46-16-14-40)26-3-2-4-31(28(26)21-42)41-12-11-36-29-17-23(22-5-6-22)7-9-27(29)34(41)44/h2-4,7-10,17-20,22,36,42H,5-6,11-16,21H2,1H3,(H,37,38). The van der Waals surface area contributed by atoms with Crippen LogP contribution in [0.1, 0.15) is 50.6 Å². The van der Waals surface area contributed by atoms with Crippen molar-refractivity contribution in [1.29, 1.82) is 0 Å². The number of aliphatic hydroxyl groups excluding tert-OH is 1. The molecule has 2 fully saturated rings. The van der Waals surface area contributed by atoms with E-state index in [-0.39, 0.29) is 29.7 Å². The number of morpholine rings is 1. The molecule has 3 N–H and O–H groups in total.